The number of aliphatic hydroxyl groups is 1. The number of hydrogen-bond acceptors (Lipinski definition) is 6. The van der Waals surface area contributed by atoms with E-state index in [0.717, 1.165) is 51.4 Å². The van der Waals surface area contributed by atoms with E-state index in [-0.39, 0.29) is 24.1 Å². The Morgan fingerprint density at radius 3 is 2.31 bits per heavy atom. The number of nitrogens with zero attached hydrogens (tertiary/aromatic N) is 4. The molecular weight excluding hydrogens is 421 g/mol. The third kappa shape index (κ3) is 4.11. The van der Waals surface area contributed by atoms with Crippen LogP contribution in [0.25, 0.3) is 11.2 Å². The molecule has 32 heavy (non-hydrogen) atoms. The highest BCUT2D eigenvalue weighted by molar-refractivity contribution is 5.76. The summed E-state index contributed by atoms with van der Waals surface area (Å²) in [6.45, 7) is 0. The topological polar surface area (TPSA) is 87.9 Å². The molecule has 0 atom stereocenters. The Morgan fingerprint density at radius 2 is 1.62 bits per heavy atom. The summed E-state index contributed by atoms with van der Waals surface area (Å²) >= 11 is 0. The summed E-state index contributed by atoms with van der Waals surface area (Å²) in [5, 5.41) is 15.8. The Kier molecular flexibility index (Phi) is 5.62. The van der Waals surface area contributed by atoms with Gasteiger partial charge in [0.25, 0.3) is 0 Å². The fraction of sp³-hybridized carbons (Fsp3) is 0.500. The SMILES string of the molecule is OC1CCC(Nc2ncc3nc(Nc4c(F)cc(F)cc4F)n(C4CCCC4)c3n2)CC1. The first-order valence-corrected chi connectivity index (χ1v) is 11.1. The van der Waals surface area contributed by atoms with Crippen LogP contribution in [-0.4, -0.2) is 36.8 Å². The highest BCUT2D eigenvalue weighted by Gasteiger charge is 2.26. The maximum absolute atomic E-state index is 14.3. The second-order valence-electron chi connectivity index (χ2n) is 8.67. The minimum Gasteiger partial charge on any atom is -0.393 e. The van der Waals surface area contributed by atoms with Gasteiger partial charge >= 0.3 is 0 Å². The summed E-state index contributed by atoms with van der Waals surface area (Å²) in [7, 11) is 0. The van der Waals surface area contributed by atoms with E-state index in [0.29, 0.717) is 29.2 Å². The minimum absolute atomic E-state index is 0.0849. The zero-order valence-electron chi connectivity index (χ0n) is 17.5. The van der Waals surface area contributed by atoms with Crippen molar-refractivity contribution in [1.82, 2.24) is 19.5 Å². The van der Waals surface area contributed by atoms with Crippen LogP contribution in [0.15, 0.2) is 18.3 Å². The minimum atomic E-state index is -1.03. The zero-order valence-corrected chi connectivity index (χ0v) is 17.5. The lowest BCUT2D eigenvalue weighted by Crippen LogP contribution is -2.29. The number of nitrogens with one attached hydrogen (secondary N) is 2. The molecule has 0 amide bonds. The van der Waals surface area contributed by atoms with Crippen molar-refractivity contribution in [3.05, 3.63) is 35.8 Å². The van der Waals surface area contributed by atoms with Gasteiger partial charge in [-0.1, -0.05) is 12.8 Å². The second kappa shape index (κ2) is 8.57. The molecule has 2 fully saturated rings. The molecule has 2 aliphatic rings. The Hall–Kier alpha value is -2.88. The third-order valence-corrected chi connectivity index (χ3v) is 6.40. The molecule has 5 rings (SSSR count). The molecule has 3 aromatic rings. The van der Waals surface area contributed by atoms with Crippen molar-refractivity contribution in [2.75, 3.05) is 10.6 Å². The van der Waals surface area contributed by atoms with E-state index >= 15 is 0 Å². The van der Waals surface area contributed by atoms with E-state index in [1.807, 2.05) is 4.57 Å². The van der Waals surface area contributed by atoms with Crippen molar-refractivity contribution in [2.45, 2.75) is 69.6 Å². The van der Waals surface area contributed by atoms with Gasteiger partial charge in [-0.15, -0.1) is 0 Å². The van der Waals surface area contributed by atoms with Gasteiger partial charge in [0.1, 0.15) is 17.0 Å². The van der Waals surface area contributed by atoms with Crippen LogP contribution in [0.2, 0.25) is 0 Å². The molecule has 3 N–H and O–H groups in total. The van der Waals surface area contributed by atoms with Crippen LogP contribution in [0.1, 0.15) is 57.4 Å². The molecule has 0 aliphatic heterocycles. The lowest BCUT2D eigenvalue weighted by molar-refractivity contribution is 0.126. The smallest absolute Gasteiger partial charge is 0.224 e. The molecule has 10 heteroatoms. The average Bonchev–Trinajstić information content (AvgIpc) is 3.39. The molecular formula is C22H25F3N6O. The number of aliphatic hydroxyl groups excluding tert-OH is 1. The van der Waals surface area contributed by atoms with Crippen molar-refractivity contribution in [1.29, 1.82) is 0 Å². The highest BCUT2D eigenvalue weighted by Crippen LogP contribution is 2.36. The standard InChI is InChI=1S/C22H25F3N6O/c23-12-9-16(24)19(17(25)10-12)29-22-28-18-11-26-21(27-13-5-7-15(32)8-6-13)30-20(18)31(22)14-3-1-2-4-14/h9-11,13-15,32H,1-8H2,(H,28,29)(H,26,27,30). The monoisotopic (exact) mass is 446 g/mol. The van der Waals surface area contributed by atoms with Gasteiger partial charge in [-0.3, -0.25) is 4.57 Å². The number of aromatic nitrogens is 4. The number of rotatable bonds is 5. The van der Waals surface area contributed by atoms with Gasteiger partial charge in [-0.2, -0.15) is 4.98 Å². The molecule has 2 saturated carbocycles. The van der Waals surface area contributed by atoms with Gasteiger partial charge in [0, 0.05) is 24.2 Å². The van der Waals surface area contributed by atoms with Crippen LogP contribution in [-0.2, 0) is 0 Å². The molecule has 170 valence electrons. The Balaban J connectivity index is 1.51. The Bertz CT molecular complexity index is 1100. The van der Waals surface area contributed by atoms with Crippen LogP contribution in [0.3, 0.4) is 0 Å². The van der Waals surface area contributed by atoms with Crippen LogP contribution < -0.4 is 10.6 Å². The maximum atomic E-state index is 14.3. The van der Waals surface area contributed by atoms with Crippen LogP contribution >= 0.6 is 0 Å². The van der Waals surface area contributed by atoms with Crippen LogP contribution in [0, 0.1) is 17.5 Å². The molecule has 0 bridgehead atoms. The number of fused-ring (bicyclic) bond motifs is 1. The fourth-order valence-electron chi connectivity index (χ4n) is 4.73. The van der Waals surface area contributed by atoms with Gasteiger partial charge in [-0.05, 0) is 38.5 Å². The Morgan fingerprint density at radius 1 is 0.938 bits per heavy atom. The van der Waals surface area contributed by atoms with Crippen molar-refractivity contribution in [3.63, 3.8) is 0 Å². The molecule has 7 nitrogen and oxygen atoms in total. The highest BCUT2D eigenvalue weighted by atomic mass is 19.1. The normalized spacial score (nSPS) is 21.9. The molecule has 2 aliphatic carbocycles. The van der Waals surface area contributed by atoms with E-state index < -0.39 is 23.1 Å². The number of anilines is 3. The quantitative estimate of drug-likeness (QED) is 0.521. The first-order valence-electron chi connectivity index (χ1n) is 11.1. The van der Waals surface area contributed by atoms with Crippen molar-refractivity contribution < 1.29 is 18.3 Å². The summed E-state index contributed by atoms with van der Waals surface area (Å²) in [4.78, 5) is 13.5. The van der Waals surface area contributed by atoms with E-state index in [4.69, 9.17) is 0 Å². The van der Waals surface area contributed by atoms with E-state index in [2.05, 4.69) is 25.6 Å². The molecule has 0 saturated heterocycles. The van der Waals surface area contributed by atoms with Gasteiger partial charge in [0.2, 0.25) is 11.9 Å². The van der Waals surface area contributed by atoms with Crippen molar-refractivity contribution in [3.8, 4) is 0 Å². The van der Waals surface area contributed by atoms with Crippen LogP contribution in [0.4, 0.5) is 30.8 Å². The lowest BCUT2D eigenvalue weighted by atomic mass is 9.93. The van der Waals surface area contributed by atoms with E-state index in [1.54, 1.807) is 6.20 Å². The first kappa shape index (κ1) is 21.0. The van der Waals surface area contributed by atoms with E-state index in [9.17, 15) is 18.3 Å². The molecule has 0 unspecified atom stereocenters. The molecule has 2 heterocycles. The van der Waals surface area contributed by atoms with Gasteiger partial charge in [0.15, 0.2) is 17.3 Å². The Labute approximate surface area is 183 Å². The average molecular weight is 446 g/mol. The largest absolute Gasteiger partial charge is 0.393 e. The summed E-state index contributed by atoms with van der Waals surface area (Å²) in [5.74, 6) is -2.32. The third-order valence-electron chi connectivity index (χ3n) is 6.40. The second-order valence-corrected chi connectivity index (χ2v) is 8.67. The number of halogens is 3. The van der Waals surface area contributed by atoms with E-state index in [1.165, 1.54) is 0 Å². The maximum Gasteiger partial charge on any atom is 0.224 e. The predicted molar refractivity (Wildman–Crippen MR) is 114 cm³/mol. The summed E-state index contributed by atoms with van der Waals surface area (Å²) < 4.78 is 43.8. The number of imidazole rings is 1. The molecule has 0 radical (unpaired) electrons. The first-order chi connectivity index (χ1) is 15.5. The summed E-state index contributed by atoms with van der Waals surface area (Å²) in [6, 6.07) is 1.54. The molecule has 0 spiro atoms. The summed E-state index contributed by atoms with van der Waals surface area (Å²) in [5.41, 5.74) is 0.635. The predicted octanol–water partition coefficient (Wildman–Crippen LogP) is 4.82. The van der Waals surface area contributed by atoms with Crippen LogP contribution in [0.5, 0.6) is 0 Å². The van der Waals surface area contributed by atoms with Crippen molar-refractivity contribution >= 4 is 28.7 Å². The van der Waals surface area contributed by atoms with Gasteiger partial charge < -0.3 is 15.7 Å². The zero-order chi connectivity index (χ0) is 22.2. The number of hydrogen-bond donors (Lipinski definition) is 3. The summed E-state index contributed by atoms with van der Waals surface area (Å²) in [6.07, 6.45) is 8.39. The van der Waals surface area contributed by atoms with Crippen molar-refractivity contribution in [2.24, 2.45) is 0 Å². The number of benzene rings is 1. The molecule has 1 aromatic carbocycles. The van der Waals surface area contributed by atoms with Gasteiger partial charge in [0.05, 0.1) is 12.3 Å². The van der Waals surface area contributed by atoms with Gasteiger partial charge in [-0.25, -0.2) is 23.1 Å². The fourth-order valence-corrected chi connectivity index (χ4v) is 4.73. The molecule has 2 aromatic heterocycles. The lowest BCUT2D eigenvalue weighted by Gasteiger charge is -2.26.